The largest absolute Gasteiger partial charge is 0.306 e. The lowest BCUT2D eigenvalue weighted by atomic mass is 10.2. The number of anilines is 1. The van der Waals surface area contributed by atoms with E-state index in [0.717, 1.165) is 0 Å². The Balaban J connectivity index is 2.12. The van der Waals surface area contributed by atoms with Gasteiger partial charge in [-0.3, -0.25) is 9.89 Å². The first kappa shape index (κ1) is 9.86. The molecule has 2 aromatic rings. The first-order valence-corrected chi connectivity index (χ1v) is 4.46. The van der Waals surface area contributed by atoms with E-state index in [1.54, 1.807) is 6.07 Å². The van der Waals surface area contributed by atoms with Gasteiger partial charge in [0, 0.05) is 12.3 Å². The molecular formula is C10H7N5O. The number of rotatable bonds is 2. The molecule has 0 aromatic carbocycles. The zero-order valence-corrected chi connectivity index (χ0v) is 8.14. The second-order valence-electron chi connectivity index (χ2n) is 2.97. The molecule has 0 atom stereocenters. The van der Waals surface area contributed by atoms with Crippen LogP contribution in [0.15, 0.2) is 30.6 Å². The number of carbonyl (C=O) groups excluding carboxylic acids is 1. The summed E-state index contributed by atoms with van der Waals surface area (Å²) in [7, 11) is 0. The smallest absolute Gasteiger partial charge is 0.275 e. The molecule has 0 aliphatic rings. The molecule has 0 saturated carbocycles. The highest BCUT2D eigenvalue weighted by Crippen LogP contribution is 2.04. The van der Waals surface area contributed by atoms with Crippen molar-refractivity contribution in [2.45, 2.75) is 0 Å². The van der Waals surface area contributed by atoms with Crippen LogP contribution < -0.4 is 5.32 Å². The summed E-state index contributed by atoms with van der Waals surface area (Å²) in [6.45, 7) is 0. The van der Waals surface area contributed by atoms with E-state index in [4.69, 9.17) is 5.26 Å². The van der Waals surface area contributed by atoms with Crippen LogP contribution in [0.1, 0.15) is 16.1 Å². The Morgan fingerprint density at radius 2 is 2.31 bits per heavy atom. The van der Waals surface area contributed by atoms with Crippen LogP contribution in [-0.2, 0) is 0 Å². The Kier molecular flexibility index (Phi) is 2.61. The fourth-order valence-electron chi connectivity index (χ4n) is 1.11. The molecule has 2 heterocycles. The highest BCUT2D eigenvalue weighted by atomic mass is 16.1. The molecule has 0 fully saturated rings. The molecule has 0 unspecified atom stereocenters. The van der Waals surface area contributed by atoms with E-state index in [1.807, 2.05) is 6.07 Å². The van der Waals surface area contributed by atoms with Gasteiger partial charge in [0.2, 0.25) is 0 Å². The van der Waals surface area contributed by atoms with Crippen molar-refractivity contribution in [1.29, 1.82) is 5.26 Å². The van der Waals surface area contributed by atoms with E-state index in [9.17, 15) is 4.79 Å². The Morgan fingerprint density at radius 1 is 1.44 bits per heavy atom. The predicted molar refractivity (Wildman–Crippen MR) is 55.5 cm³/mol. The molecule has 0 spiro atoms. The molecule has 16 heavy (non-hydrogen) atoms. The maximum absolute atomic E-state index is 11.6. The van der Waals surface area contributed by atoms with Gasteiger partial charge in [0.1, 0.15) is 17.6 Å². The van der Waals surface area contributed by atoms with E-state index in [0.29, 0.717) is 11.4 Å². The molecule has 6 nitrogen and oxygen atoms in total. The number of nitrogens with zero attached hydrogens (tertiary/aromatic N) is 3. The van der Waals surface area contributed by atoms with Crippen LogP contribution in [0.3, 0.4) is 0 Å². The van der Waals surface area contributed by atoms with Gasteiger partial charge in [-0.25, -0.2) is 4.98 Å². The molecule has 0 saturated heterocycles. The van der Waals surface area contributed by atoms with Crippen molar-refractivity contribution in [3.05, 3.63) is 41.9 Å². The monoisotopic (exact) mass is 213 g/mol. The highest BCUT2D eigenvalue weighted by molar-refractivity contribution is 6.02. The average molecular weight is 213 g/mol. The molecule has 6 heteroatoms. The third-order valence-electron chi connectivity index (χ3n) is 1.87. The quantitative estimate of drug-likeness (QED) is 0.775. The molecule has 0 aliphatic carbocycles. The maximum Gasteiger partial charge on any atom is 0.275 e. The Morgan fingerprint density at radius 3 is 2.88 bits per heavy atom. The van der Waals surface area contributed by atoms with Crippen molar-refractivity contribution in [3.63, 3.8) is 0 Å². The van der Waals surface area contributed by atoms with Crippen molar-refractivity contribution < 1.29 is 4.79 Å². The Hall–Kier alpha value is -2.68. The van der Waals surface area contributed by atoms with Crippen LogP contribution in [0.2, 0.25) is 0 Å². The van der Waals surface area contributed by atoms with Crippen LogP contribution in [0.25, 0.3) is 0 Å². The fraction of sp³-hybridized carbons (Fsp3) is 0. The number of pyridine rings is 1. The fourth-order valence-corrected chi connectivity index (χ4v) is 1.11. The highest BCUT2D eigenvalue weighted by Gasteiger charge is 2.07. The number of H-pyrrole nitrogens is 1. The minimum Gasteiger partial charge on any atom is -0.306 e. The third kappa shape index (κ3) is 2.04. The lowest BCUT2D eigenvalue weighted by Gasteiger charge is -2.00. The zero-order valence-electron chi connectivity index (χ0n) is 8.14. The predicted octanol–water partition coefficient (Wildman–Crippen LogP) is 0.929. The van der Waals surface area contributed by atoms with E-state index in [2.05, 4.69) is 20.5 Å². The minimum atomic E-state index is -0.353. The normalized spacial score (nSPS) is 9.44. The standard InChI is InChI=1S/C10H7N5O/c11-5-7-1-2-8(12-6-7)10(16)14-9-3-4-13-15-9/h1-4,6H,(H2,13,14,15,16). The zero-order chi connectivity index (χ0) is 11.4. The van der Waals surface area contributed by atoms with E-state index in [-0.39, 0.29) is 11.6 Å². The molecule has 0 radical (unpaired) electrons. The van der Waals surface area contributed by atoms with Gasteiger partial charge < -0.3 is 5.32 Å². The lowest BCUT2D eigenvalue weighted by molar-refractivity contribution is 0.102. The number of amides is 1. The van der Waals surface area contributed by atoms with Crippen LogP contribution >= 0.6 is 0 Å². The maximum atomic E-state index is 11.6. The van der Waals surface area contributed by atoms with E-state index < -0.39 is 0 Å². The van der Waals surface area contributed by atoms with Gasteiger partial charge >= 0.3 is 0 Å². The molecule has 78 valence electrons. The first-order chi connectivity index (χ1) is 7.79. The van der Waals surface area contributed by atoms with Gasteiger partial charge in [-0.05, 0) is 12.1 Å². The van der Waals surface area contributed by atoms with Crippen molar-refractivity contribution >= 4 is 11.7 Å². The minimum absolute atomic E-state index is 0.244. The number of hydrogen-bond donors (Lipinski definition) is 2. The van der Waals surface area contributed by atoms with Crippen LogP contribution in [-0.4, -0.2) is 21.1 Å². The van der Waals surface area contributed by atoms with E-state index >= 15 is 0 Å². The summed E-state index contributed by atoms with van der Waals surface area (Å²) in [6.07, 6.45) is 2.88. The number of nitrogens with one attached hydrogen (secondary N) is 2. The van der Waals surface area contributed by atoms with Gasteiger partial charge in [0.25, 0.3) is 5.91 Å². The second-order valence-corrected chi connectivity index (χ2v) is 2.97. The summed E-state index contributed by atoms with van der Waals surface area (Å²) in [5.74, 6) is 0.143. The van der Waals surface area contributed by atoms with Gasteiger partial charge in [0.15, 0.2) is 0 Å². The van der Waals surface area contributed by atoms with Crippen molar-refractivity contribution in [2.24, 2.45) is 0 Å². The van der Waals surface area contributed by atoms with Crippen molar-refractivity contribution in [2.75, 3.05) is 5.32 Å². The molecule has 0 aliphatic heterocycles. The van der Waals surface area contributed by atoms with Gasteiger partial charge in [-0.1, -0.05) is 0 Å². The molecule has 2 rings (SSSR count). The number of aromatic amines is 1. The Labute approximate surface area is 90.9 Å². The summed E-state index contributed by atoms with van der Waals surface area (Å²) in [4.78, 5) is 15.5. The number of aromatic nitrogens is 3. The molecule has 2 N–H and O–H groups in total. The van der Waals surface area contributed by atoms with Crippen molar-refractivity contribution in [3.8, 4) is 6.07 Å². The van der Waals surface area contributed by atoms with E-state index in [1.165, 1.54) is 24.5 Å². The first-order valence-electron chi connectivity index (χ1n) is 4.46. The lowest BCUT2D eigenvalue weighted by Crippen LogP contribution is -2.13. The molecule has 0 bridgehead atoms. The molecule has 2 aromatic heterocycles. The topological polar surface area (TPSA) is 94.5 Å². The van der Waals surface area contributed by atoms with Crippen LogP contribution in [0, 0.1) is 11.3 Å². The van der Waals surface area contributed by atoms with Gasteiger partial charge in [0.05, 0.1) is 11.8 Å². The summed E-state index contributed by atoms with van der Waals surface area (Å²) in [5.41, 5.74) is 0.659. The number of carbonyl (C=O) groups is 1. The Bertz CT molecular complexity index is 523. The van der Waals surface area contributed by atoms with Gasteiger partial charge in [-0.15, -0.1) is 0 Å². The van der Waals surface area contributed by atoms with Crippen molar-refractivity contribution in [1.82, 2.24) is 15.2 Å². The van der Waals surface area contributed by atoms with Gasteiger partial charge in [-0.2, -0.15) is 10.4 Å². The number of nitriles is 1. The third-order valence-corrected chi connectivity index (χ3v) is 1.87. The summed E-state index contributed by atoms with van der Waals surface area (Å²) >= 11 is 0. The summed E-state index contributed by atoms with van der Waals surface area (Å²) in [5, 5.41) is 17.4. The average Bonchev–Trinajstić information content (AvgIpc) is 2.82. The SMILES string of the molecule is N#Cc1ccc(C(=O)Nc2ccn[nH]2)nc1. The number of hydrogen-bond acceptors (Lipinski definition) is 4. The second kappa shape index (κ2) is 4.23. The van der Waals surface area contributed by atoms with Crippen LogP contribution in [0.5, 0.6) is 0 Å². The van der Waals surface area contributed by atoms with Crippen LogP contribution in [0.4, 0.5) is 5.82 Å². The summed E-state index contributed by atoms with van der Waals surface area (Å²) in [6, 6.07) is 6.58. The molecular weight excluding hydrogens is 206 g/mol. The molecule has 1 amide bonds. The summed E-state index contributed by atoms with van der Waals surface area (Å²) < 4.78 is 0.